The number of carbonyl (C=O) groups excluding carboxylic acids is 1. The van der Waals surface area contributed by atoms with Crippen molar-refractivity contribution in [2.24, 2.45) is 5.73 Å². The molecule has 0 bridgehead atoms. The van der Waals surface area contributed by atoms with Crippen LogP contribution in [0.2, 0.25) is 0 Å². The Morgan fingerprint density at radius 2 is 2.22 bits per heavy atom. The van der Waals surface area contributed by atoms with Gasteiger partial charge >= 0.3 is 0 Å². The first-order valence-electron chi connectivity index (χ1n) is 5.91. The van der Waals surface area contributed by atoms with E-state index in [2.05, 4.69) is 5.32 Å². The van der Waals surface area contributed by atoms with E-state index in [9.17, 15) is 4.79 Å². The summed E-state index contributed by atoms with van der Waals surface area (Å²) >= 11 is 0. The molecule has 2 rings (SSSR count). The van der Waals surface area contributed by atoms with E-state index < -0.39 is 0 Å². The summed E-state index contributed by atoms with van der Waals surface area (Å²) in [5.41, 5.74) is 7.87. The molecule has 18 heavy (non-hydrogen) atoms. The molecule has 1 aromatic carbocycles. The predicted molar refractivity (Wildman–Crippen MR) is 70.4 cm³/mol. The van der Waals surface area contributed by atoms with Crippen molar-refractivity contribution in [3.05, 3.63) is 53.5 Å². The highest BCUT2D eigenvalue weighted by molar-refractivity contribution is 6.04. The number of amides is 1. The third-order valence-electron chi connectivity index (χ3n) is 2.73. The molecule has 0 atom stereocenters. The number of benzene rings is 1. The van der Waals surface area contributed by atoms with Gasteiger partial charge in [0.15, 0.2) is 0 Å². The van der Waals surface area contributed by atoms with Gasteiger partial charge in [0.05, 0.1) is 11.8 Å². The maximum atomic E-state index is 12.1. The normalized spacial score (nSPS) is 10.3. The Balaban J connectivity index is 2.16. The molecular weight excluding hydrogens is 228 g/mol. The van der Waals surface area contributed by atoms with Gasteiger partial charge in [-0.25, -0.2) is 0 Å². The van der Waals surface area contributed by atoms with Gasteiger partial charge in [-0.1, -0.05) is 19.1 Å². The van der Waals surface area contributed by atoms with Crippen molar-refractivity contribution in [3.63, 3.8) is 0 Å². The van der Waals surface area contributed by atoms with Crippen LogP contribution in [0.3, 0.4) is 0 Å². The van der Waals surface area contributed by atoms with Crippen molar-refractivity contribution >= 4 is 11.6 Å². The molecule has 4 heteroatoms. The number of furan rings is 1. The summed E-state index contributed by atoms with van der Waals surface area (Å²) in [6.07, 6.45) is 2.22. The first-order valence-corrected chi connectivity index (χ1v) is 5.91. The predicted octanol–water partition coefficient (Wildman–Crippen LogP) is 2.55. The average Bonchev–Trinajstić information content (AvgIpc) is 2.87. The Hall–Kier alpha value is -2.07. The van der Waals surface area contributed by atoms with Crippen LogP contribution in [0.4, 0.5) is 5.69 Å². The fraction of sp³-hybridized carbons (Fsp3) is 0.214. The maximum Gasteiger partial charge on any atom is 0.259 e. The summed E-state index contributed by atoms with van der Waals surface area (Å²) in [6.45, 7) is 2.40. The molecule has 0 saturated heterocycles. The number of carbonyl (C=O) groups is 1. The molecular formula is C14H16N2O2. The highest BCUT2D eigenvalue weighted by Crippen LogP contribution is 2.15. The molecule has 1 amide bonds. The summed E-state index contributed by atoms with van der Waals surface area (Å²) in [4.78, 5) is 12.1. The molecule has 0 unspecified atom stereocenters. The Morgan fingerprint density at radius 3 is 2.94 bits per heavy atom. The summed E-state index contributed by atoms with van der Waals surface area (Å²) in [5, 5.41) is 2.84. The van der Waals surface area contributed by atoms with Gasteiger partial charge < -0.3 is 15.5 Å². The van der Waals surface area contributed by atoms with Gasteiger partial charge in [-0.15, -0.1) is 0 Å². The van der Waals surface area contributed by atoms with Crippen molar-refractivity contribution in [1.29, 1.82) is 0 Å². The summed E-state index contributed by atoms with van der Waals surface area (Å²) < 4.78 is 5.24. The molecule has 0 spiro atoms. The second-order valence-electron chi connectivity index (χ2n) is 3.97. The number of nitrogens with two attached hydrogens (primary N) is 1. The quantitative estimate of drug-likeness (QED) is 0.868. The molecule has 0 aliphatic heterocycles. The van der Waals surface area contributed by atoms with Crippen LogP contribution in [-0.4, -0.2) is 5.91 Å². The number of rotatable bonds is 4. The molecule has 0 aliphatic carbocycles. The zero-order valence-corrected chi connectivity index (χ0v) is 10.3. The minimum Gasteiger partial charge on any atom is -0.469 e. The van der Waals surface area contributed by atoms with Crippen LogP contribution < -0.4 is 11.1 Å². The highest BCUT2D eigenvalue weighted by atomic mass is 16.3. The lowest BCUT2D eigenvalue weighted by Crippen LogP contribution is -2.13. The monoisotopic (exact) mass is 244 g/mol. The molecule has 0 aliphatic rings. The second-order valence-corrected chi connectivity index (χ2v) is 3.97. The fourth-order valence-corrected chi connectivity index (χ4v) is 1.79. The van der Waals surface area contributed by atoms with E-state index in [0.29, 0.717) is 24.3 Å². The van der Waals surface area contributed by atoms with E-state index in [4.69, 9.17) is 10.2 Å². The lowest BCUT2D eigenvalue weighted by Gasteiger charge is -2.06. The van der Waals surface area contributed by atoms with Gasteiger partial charge in [0.2, 0.25) is 0 Å². The summed E-state index contributed by atoms with van der Waals surface area (Å²) in [5.74, 6) is 0.539. The van der Waals surface area contributed by atoms with Crippen LogP contribution in [0, 0.1) is 0 Å². The summed E-state index contributed by atoms with van der Waals surface area (Å²) in [6, 6.07) is 9.17. The van der Waals surface area contributed by atoms with Crippen molar-refractivity contribution in [2.75, 3.05) is 5.32 Å². The van der Waals surface area contributed by atoms with Gasteiger partial charge in [-0.2, -0.15) is 0 Å². The first kappa shape index (κ1) is 12.4. The highest BCUT2D eigenvalue weighted by Gasteiger charge is 2.13. The SMILES string of the molecule is CCc1occc1C(=O)Nc1cccc(CN)c1. The largest absolute Gasteiger partial charge is 0.469 e. The van der Waals surface area contributed by atoms with E-state index in [-0.39, 0.29) is 5.91 Å². The fourth-order valence-electron chi connectivity index (χ4n) is 1.79. The topological polar surface area (TPSA) is 68.3 Å². The standard InChI is InChI=1S/C14H16N2O2/c1-2-13-12(6-7-18-13)14(17)16-11-5-3-4-10(8-11)9-15/h3-8H,2,9,15H2,1H3,(H,16,17). The van der Waals surface area contributed by atoms with E-state index >= 15 is 0 Å². The smallest absolute Gasteiger partial charge is 0.259 e. The molecule has 2 aromatic rings. The van der Waals surface area contributed by atoms with Gasteiger partial charge in [0.1, 0.15) is 5.76 Å². The minimum absolute atomic E-state index is 0.158. The zero-order valence-electron chi connectivity index (χ0n) is 10.3. The molecule has 3 N–H and O–H groups in total. The van der Waals surface area contributed by atoms with E-state index in [1.54, 1.807) is 6.07 Å². The Bertz CT molecular complexity index is 546. The lowest BCUT2D eigenvalue weighted by atomic mass is 10.1. The Labute approximate surface area is 106 Å². The molecule has 0 radical (unpaired) electrons. The van der Waals surface area contributed by atoms with E-state index in [1.165, 1.54) is 6.26 Å². The Kier molecular flexibility index (Phi) is 3.79. The van der Waals surface area contributed by atoms with Crippen LogP contribution in [0.25, 0.3) is 0 Å². The van der Waals surface area contributed by atoms with E-state index in [0.717, 1.165) is 11.3 Å². The molecule has 4 nitrogen and oxygen atoms in total. The van der Waals surface area contributed by atoms with Crippen molar-refractivity contribution in [1.82, 2.24) is 0 Å². The third kappa shape index (κ3) is 2.60. The van der Waals surface area contributed by atoms with Gasteiger partial charge in [-0.05, 0) is 23.8 Å². The maximum absolute atomic E-state index is 12.1. The number of anilines is 1. The molecule has 0 fully saturated rings. The number of hydrogen-bond donors (Lipinski definition) is 2. The second kappa shape index (κ2) is 5.51. The lowest BCUT2D eigenvalue weighted by molar-refractivity contribution is 0.102. The first-order chi connectivity index (χ1) is 8.74. The molecule has 94 valence electrons. The van der Waals surface area contributed by atoms with Crippen LogP contribution in [0.5, 0.6) is 0 Å². The average molecular weight is 244 g/mol. The Morgan fingerprint density at radius 1 is 1.39 bits per heavy atom. The molecule has 0 saturated carbocycles. The third-order valence-corrected chi connectivity index (χ3v) is 2.73. The van der Waals surface area contributed by atoms with Crippen LogP contribution in [0.15, 0.2) is 41.0 Å². The van der Waals surface area contributed by atoms with Crippen molar-refractivity contribution in [3.8, 4) is 0 Å². The van der Waals surface area contributed by atoms with Gasteiger partial charge in [0, 0.05) is 18.7 Å². The molecule has 1 aromatic heterocycles. The van der Waals surface area contributed by atoms with Crippen LogP contribution in [-0.2, 0) is 13.0 Å². The molecule has 1 heterocycles. The zero-order chi connectivity index (χ0) is 13.0. The minimum atomic E-state index is -0.158. The van der Waals surface area contributed by atoms with E-state index in [1.807, 2.05) is 31.2 Å². The number of nitrogens with one attached hydrogen (secondary N) is 1. The summed E-state index contributed by atoms with van der Waals surface area (Å²) in [7, 11) is 0. The van der Waals surface area contributed by atoms with Crippen LogP contribution in [0.1, 0.15) is 28.6 Å². The van der Waals surface area contributed by atoms with Crippen molar-refractivity contribution < 1.29 is 9.21 Å². The van der Waals surface area contributed by atoms with Gasteiger partial charge in [0.25, 0.3) is 5.91 Å². The van der Waals surface area contributed by atoms with Crippen molar-refractivity contribution in [2.45, 2.75) is 19.9 Å². The number of hydrogen-bond acceptors (Lipinski definition) is 3. The van der Waals surface area contributed by atoms with Crippen LogP contribution >= 0.6 is 0 Å². The number of aryl methyl sites for hydroxylation is 1. The van der Waals surface area contributed by atoms with Gasteiger partial charge in [-0.3, -0.25) is 4.79 Å².